The van der Waals surface area contributed by atoms with Crippen molar-refractivity contribution in [2.45, 2.75) is 12.8 Å². The summed E-state index contributed by atoms with van der Waals surface area (Å²) in [7, 11) is -2.03. The zero-order valence-electron chi connectivity index (χ0n) is 11.7. The van der Waals surface area contributed by atoms with Gasteiger partial charge in [0.1, 0.15) is 5.82 Å². The minimum Gasteiger partial charge on any atom is -0.395 e. The Kier molecular flexibility index (Phi) is 7.15. The normalized spacial score (nSPS) is 10.8. The van der Waals surface area contributed by atoms with Crippen LogP contribution in [-0.4, -0.2) is 39.6 Å². The van der Waals surface area contributed by atoms with Gasteiger partial charge in [-0.2, -0.15) is 0 Å². The first-order valence-electron chi connectivity index (χ1n) is 6.37. The van der Waals surface area contributed by atoms with Crippen LogP contribution in [0.5, 0.6) is 0 Å². The van der Waals surface area contributed by atoms with Crippen molar-refractivity contribution in [2.24, 2.45) is 0 Å². The molecule has 0 atom stereocenters. The summed E-state index contributed by atoms with van der Waals surface area (Å²) >= 11 is 0. The minimum absolute atomic E-state index is 0.0893. The third-order valence-corrected chi connectivity index (χ3v) is 3.84. The van der Waals surface area contributed by atoms with Crippen LogP contribution in [0.2, 0.25) is 0 Å². The van der Waals surface area contributed by atoms with E-state index in [-0.39, 0.29) is 30.0 Å². The molecule has 0 saturated carbocycles. The predicted molar refractivity (Wildman–Crippen MR) is 78.9 cm³/mol. The molecule has 2 N–H and O–H groups in total. The number of benzene rings is 1. The maximum absolute atomic E-state index is 13.7. The minimum atomic E-state index is -3.52. The summed E-state index contributed by atoms with van der Waals surface area (Å²) in [6.07, 6.45) is 0.617. The van der Waals surface area contributed by atoms with Crippen molar-refractivity contribution in [1.29, 1.82) is 0 Å². The molecule has 116 valence electrons. The van der Waals surface area contributed by atoms with E-state index in [1.807, 2.05) is 0 Å². The van der Waals surface area contributed by atoms with Gasteiger partial charge in [0, 0.05) is 20.1 Å². The van der Waals surface area contributed by atoms with Crippen molar-refractivity contribution in [1.82, 2.24) is 0 Å². The number of sulfonamides is 1. The lowest BCUT2D eigenvalue weighted by atomic mass is 10.2. The first kappa shape index (κ1) is 17.4. The van der Waals surface area contributed by atoms with Gasteiger partial charge in [0.15, 0.2) is 0 Å². The molecule has 0 spiro atoms. The number of halogens is 1. The number of aliphatic hydroxyl groups is 1. The zero-order chi connectivity index (χ0) is 15.7. The Morgan fingerprint density at radius 3 is 2.81 bits per heavy atom. The van der Waals surface area contributed by atoms with Crippen LogP contribution in [0.4, 0.5) is 10.1 Å². The van der Waals surface area contributed by atoms with Crippen LogP contribution in [0.1, 0.15) is 18.4 Å². The molecule has 0 fully saturated rings. The van der Waals surface area contributed by atoms with Gasteiger partial charge < -0.3 is 9.84 Å². The van der Waals surface area contributed by atoms with Gasteiger partial charge in [-0.15, -0.1) is 0 Å². The lowest BCUT2D eigenvalue weighted by molar-refractivity contribution is 0.199. The molecule has 0 aliphatic carbocycles. The fourth-order valence-corrected chi connectivity index (χ4v) is 2.60. The van der Waals surface area contributed by atoms with Crippen LogP contribution in [-0.2, 0) is 14.8 Å². The average molecular weight is 315 g/mol. The lowest BCUT2D eigenvalue weighted by Gasteiger charge is -2.08. The van der Waals surface area contributed by atoms with E-state index in [1.54, 1.807) is 0 Å². The Labute approximate surface area is 124 Å². The molecule has 0 amide bonds. The SMILES string of the molecule is COCCCS(=O)(=O)Nc1ccc(C#CCCO)c(F)c1. The summed E-state index contributed by atoms with van der Waals surface area (Å²) in [5.41, 5.74) is 0.309. The number of methoxy groups -OCH3 is 1. The van der Waals surface area contributed by atoms with Crippen LogP contribution in [0.3, 0.4) is 0 Å². The number of hydrogen-bond donors (Lipinski definition) is 2. The maximum Gasteiger partial charge on any atom is 0.232 e. The summed E-state index contributed by atoms with van der Waals surface area (Å²) in [4.78, 5) is 0. The number of ether oxygens (including phenoxy) is 1. The molecular weight excluding hydrogens is 297 g/mol. The third-order valence-electron chi connectivity index (χ3n) is 2.46. The van der Waals surface area contributed by atoms with Crippen LogP contribution < -0.4 is 4.72 Å². The second-order valence-electron chi connectivity index (χ2n) is 4.24. The van der Waals surface area contributed by atoms with E-state index in [0.29, 0.717) is 13.0 Å². The molecule has 0 unspecified atom stereocenters. The molecule has 0 radical (unpaired) electrons. The predicted octanol–water partition coefficient (Wildman–Crippen LogP) is 1.34. The quantitative estimate of drug-likeness (QED) is 0.588. The number of aliphatic hydroxyl groups excluding tert-OH is 1. The fraction of sp³-hybridized carbons (Fsp3) is 0.429. The Morgan fingerprint density at radius 1 is 1.43 bits per heavy atom. The Balaban J connectivity index is 2.74. The van der Waals surface area contributed by atoms with E-state index in [4.69, 9.17) is 9.84 Å². The molecule has 0 aliphatic rings. The molecule has 0 aliphatic heterocycles. The smallest absolute Gasteiger partial charge is 0.232 e. The van der Waals surface area contributed by atoms with Crippen molar-refractivity contribution in [3.8, 4) is 11.8 Å². The molecule has 7 heteroatoms. The summed E-state index contributed by atoms with van der Waals surface area (Å²) < 4.78 is 44.3. The van der Waals surface area contributed by atoms with Crippen molar-refractivity contribution >= 4 is 15.7 Å². The molecule has 1 rings (SSSR count). The van der Waals surface area contributed by atoms with E-state index < -0.39 is 15.8 Å². The highest BCUT2D eigenvalue weighted by Crippen LogP contribution is 2.15. The Bertz CT molecular complexity index is 620. The van der Waals surface area contributed by atoms with Gasteiger partial charge in [-0.3, -0.25) is 4.72 Å². The van der Waals surface area contributed by atoms with Crippen molar-refractivity contribution in [3.63, 3.8) is 0 Å². The van der Waals surface area contributed by atoms with Crippen molar-refractivity contribution in [3.05, 3.63) is 29.6 Å². The molecule has 1 aromatic carbocycles. The zero-order valence-corrected chi connectivity index (χ0v) is 12.5. The molecule has 21 heavy (non-hydrogen) atoms. The van der Waals surface area contributed by atoms with Gasteiger partial charge in [-0.25, -0.2) is 12.8 Å². The maximum atomic E-state index is 13.7. The lowest BCUT2D eigenvalue weighted by Crippen LogP contribution is -2.17. The highest BCUT2D eigenvalue weighted by atomic mass is 32.2. The summed E-state index contributed by atoms with van der Waals surface area (Å²) in [6.45, 7) is 0.253. The monoisotopic (exact) mass is 315 g/mol. The van der Waals surface area contributed by atoms with E-state index >= 15 is 0 Å². The van der Waals surface area contributed by atoms with Crippen LogP contribution >= 0.6 is 0 Å². The van der Waals surface area contributed by atoms with Gasteiger partial charge in [0.25, 0.3) is 0 Å². The highest BCUT2D eigenvalue weighted by Gasteiger charge is 2.11. The summed E-state index contributed by atoms with van der Waals surface area (Å²) in [5, 5.41) is 8.59. The molecule has 0 saturated heterocycles. The van der Waals surface area contributed by atoms with E-state index in [0.717, 1.165) is 6.07 Å². The second-order valence-corrected chi connectivity index (χ2v) is 6.08. The molecular formula is C14H18FNO4S. The molecule has 0 aromatic heterocycles. The van der Waals surface area contributed by atoms with Gasteiger partial charge in [-0.1, -0.05) is 11.8 Å². The second kappa shape index (κ2) is 8.62. The first-order valence-corrected chi connectivity index (χ1v) is 8.02. The van der Waals surface area contributed by atoms with Gasteiger partial charge in [0.05, 0.1) is 23.6 Å². The summed E-state index contributed by atoms with van der Waals surface area (Å²) in [5.74, 6) is 4.46. The van der Waals surface area contributed by atoms with Gasteiger partial charge in [0.2, 0.25) is 10.0 Å². The number of nitrogens with one attached hydrogen (secondary N) is 1. The van der Waals surface area contributed by atoms with Crippen molar-refractivity contribution < 1.29 is 22.7 Å². The Hall–Kier alpha value is -1.62. The van der Waals surface area contributed by atoms with Crippen molar-refractivity contribution in [2.75, 3.05) is 30.8 Å². The van der Waals surface area contributed by atoms with E-state index in [9.17, 15) is 12.8 Å². The van der Waals surface area contributed by atoms with Gasteiger partial charge >= 0.3 is 0 Å². The van der Waals surface area contributed by atoms with E-state index in [2.05, 4.69) is 16.6 Å². The Morgan fingerprint density at radius 2 is 2.19 bits per heavy atom. The molecule has 5 nitrogen and oxygen atoms in total. The number of hydrogen-bond acceptors (Lipinski definition) is 4. The fourth-order valence-electron chi connectivity index (χ4n) is 1.52. The topological polar surface area (TPSA) is 75.6 Å². The first-order chi connectivity index (χ1) is 9.98. The summed E-state index contributed by atoms with van der Waals surface area (Å²) in [6, 6.07) is 3.92. The van der Waals surface area contributed by atoms with Crippen LogP contribution in [0.25, 0.3) is 0 Å². The van der Waals surface area contributed by atoms with Gasteiger partial charge in [-0.05, 0) is 24.6 Å². The highest BCUT2D eigenvalue weighted by molar-refractivity contribution is 7.92. The van der Waals surface area contributed by atoms with Crippen LogP contribution in [0, 0.1) is 17.7 Å². The molecule has 0 heterocycles. The third kappa shape index (κ3) is 6.58. The van der Waals surface area contributed by atoms with E-state index in [1.165, 1.54) is 19.2 Å². The number of rotatable bonds is 7. The average Bonchev–Trinajstić information content (AvgIpc) is 2.41. The molecule has 1 aromatic rings. The van der Waals surface area contributed by atoms with Crippen LogP contribution in [0.15, 0.2) is 18.2 Å². The number of anilines is 1. The largest absolute Gasteiger partial charge is 0.395 e. The molecule has 0 bridgehead atoms. The standard InChI is InChI=1S/C14H18FNO4S/c1-20-9-4-10-21(18,19)16-13-7-6-12(14(15)11-13)5-2-3-8-17/h6-7,11,16-17H,3-4,8-10H2,1H3.